The zero-order chi connectivity index (χ0) is 17.5. The molecule has 0 aliphatic heterocycles. The van der Waals surface area contributed by atoms with E-state index in [1.54, 1.807) is 6.08 Å². The second-order valence-corrected chi connectivity index (χ2v) is 7.12. The average Bonchev–Trinajstić information content (AvgIpc) is 2.55. The van der Waals surface area contributed by atoms with Crippen molar-refractivity contribution >= 4 is 29.3 Å². The van der Waals surface area contributed by atoms with Crippen molar-refractivity contribution in [1.82, 2.24) is 16.2 Å². The Morgan fingerprint density at radius 3 is 2.79 bits per heavy atom. The Morgan fingerprint density at radius 1 is 1.25 bits per heavy atom. The maximum absolute atomic E-state index is 11.9. The second-order valence-electron chi connectivity index (χ2n) is 6.71. The number of carbonyl (C=O) groups is 1. The molecule has 1 amide bonds. The number of amides is 1. The molecule has 3 atom stereocenters. The van der Waals surface area contributed by atoms with Gasteiger partial charge in [-0.3, -0.25) is 15.6 Å². The average molecular weight is 346 g/mol. The first-order chi connectivity index (χ1) is 11.5. The van der Waals surface area contributed by atoms with Gasteiger partial charge in [0.15, 0.2) is 5.11 Å². The minimum Gasteiger partial charge on any atom is -0.358 e. The topological polar surface area (TPSA) is 53.2 Å². The van der Waals surface area contributed by atoms with E-state index < -0.39 is 0 Å². The highest BCUT2D eigenvalue weighted by molar-refractivity contribution is 7.80. The predicted octanol–water partition coefficient (Wildman–Crippen LogP) is 3.33. The van der Waals surface area contributed by atoms with E-state index in [-0.39, 0.29) is 5.91 Å². The maximum atomic E-state index is 11.9. The number of hydrogen-bond acceptors (Lipinski definition) is 2. The number of hydrazine groups is 1. The third-order valence-electron chi connectivity index (χ3n) is 4.79. The van der Waals surface area contributed by atoms with Crippen LogP contribution < -0.4 is 16.2 Å². The Hall–Kier alpha value is -1.88. The van der Waals surface area contributed by atoms with Crippen LogP contribution >= 0.6 is 12.2 Å². The smallest absolute Gasteiger partial charge is 0.262 e. The van der Waals surface area contributed by atoms with Crippen molar-refractivity contribution in [3.63, 3.8) is 0 Å². The van der Waals surface area contributed by atoms with Gasteiger partial charge in [0.1, 0.15) is 0 Å². The standard InChI is InChI=1S/C19H27N3OS/c1-13-6-4-8-16(12-13)10-11-18(23)21-22-19(24)20-17-9-5-7-14(2)15(17)3/h4,6,8,10-12,14-15,17H,5,7,9H2,1-3H3,(H,21,23)(H2,20,22,24)/b11-10+/t14-,15-,17-/m0/s1. The summed E-state index contributed by atoms with van der Waals surface area (Å²) in [5.74, 6) is 1.05. The fraction of sp³-hybridized carbons (Fsp3) is 0.474. The maximum Gasteiger partial charge on any atom is 0.262 e. The summed E-state index contributed by atoms with van der Waals surface area (Å²) in [5.41, 5.74) is 7.55. The molecule has 5 heteroatoms. The third kappa shape index (κ3) is 5.64. The summed E-state index contributed by atoms with van der Waals surface area (Å²) in [4.78, 5) is 11.9. The molecule has 1 saturated carbocycles. The van der Waals surface area contributed by atoms with Gasteiger partial charge in [-0.05, 0) is 49.0 Å². The molecular formula is C19H27N3OS. The molecule has 0 radical (unpaired) electrons. The van der Waals surface area contributed by atoms with Gasteiger partial charge in [-0.25, -0.2) is 0 Å². The van der Waals surface area contributed by atoms with Crippen molar-refractivity contribution in [1.29, 1.82) is 0 Å². The first-order valence-corrected chi connectivity index (χ1v) is 8.98. The normalized spacial score (nSPS) is 23.7. The summed E-state index contributed by atoms with van der Waals surface area (Å²) in [7, 11) is 0. The molecule has 0 unspecified atom stereocenters. The summed E-state index contributed by atoms with van der Waals surface area (Å²) in [6, 6.07) is 8.34. The molecule has 1 fully saturated rings. The van der Waals surface area contributed by atoms with Crippen LogP contribution in [0.25, 0.3) is 6.08 Å². The molecule has 24 heavy (non-hydrogen) atoms. The van der Waals surface area contributed by atoms with Crippen LogP contribution in [0.1, 0.15) is 44.2 Å². The van der Waals surface area contributed by atoms with Gasteiger partial charge in [-0.1, -0.05) is 56.5 Å². The zero-order valence-corrected chi connectivity index (χ0v) is 15.5. The zero-order valence-electron chi connectivity index (χ0n) is 14.6. The van der Waals surface area contributed by atoms with Crippen molar-refractivity contribution in [2.75, 3.05) is 0 Å². The molecular weight excluding hydrogens is 318 g/mol. The molecule has 1 aromatic carbocycles. The summed E-state index contributed by atoms with van der Waals surface area (Å²) in [5, 5.41) is 3.79. The molecule has 130 valence electrons. The quantitative estimate of drug-likeness (QED) is 0.447. The molecule has 3 N–H and O–H groups in total. The SMILES string of the molecule is Cc1cccc(/C=C/C(=O)NNC(=S)N[C@H]2CCC[C@H](C)[C@@H]2C)c1. The van der Waals surface area contributed by atoms with E-state index in [2.05, 4.69) is 30.0 Å². The third-order valence-corrected chi connectivity index (χ3v) is 5.01. The van der Waals surface area contributed by atoms with Crippen molar-refractivity contribution < 1.29 is 4.79 Å². The number of benzene rings is 1. The van der Waals surface area contributed by atoms with Crippen LogP contribution in [0.5, 0.6) is 0 Å². The number of thiocarbonyl (C=S) groups is 1. The van der Waals surface area contributed by atoms with Crippen LogP contribution in [0.4, 0.5) is 0 Å². The van der Waals surface area contributed by atoms with E-state index in [0.717, 1.165) is 17.5 Å². The Morgan fingerprint density at radius 2 is 2.04 bits per heavy atom. The monoisotopic (exact) mass is 345 g/mol. The van der Waals surface area contributed by atoms with E-state index >= 15 is 0 Å². The Labute approximate surface area is 150 Å². The van der Waals surface area contributed by atoms with E-state index in [1.807, 2.05) is 31.2 Å². The predicted molar refractivity (Wildman–Crippen MR) is 103 cm³/mol. The second kappa shape index (κ2) is 8.83. The summed E-state index contributed by atoms with van der Waals surface area (Å²) in [6.07, 6.45) is 6.90. The van der Waals surface area contributed by atoms with Crippen molar-refractivity contribution in [2.24, 2.45) is 11.8 Å². The van der Waals surface area contributed by atoms with Crippen LogP contribution in [0.2, 0.25) is 0 Å². The number of hydrogen-bond donors (Lipinski definition) is 3. The highest BCUT2D eigenvalue weighted by Gasteiger charge is 2.27. The van der Waals surface area contributed by atoms with E-state index in [9.17, 15) is 4.79 Å². The molecule has 1 aliphatic rings. The van der Waals surface area contributed by atoms with E-state index in [4.69, 9.17) is 12.2 Å². The molecule has 2 rings (SSSR count). The van der Waals surface area contributed by atoms with Gasteiger partial charge in [0.2, 0.25) is 0 Å². The Kier molecular flexibility index (Phi) is 6.79. The minimum absolute atomic E-state index is 0.231. The van der Waals surface area contributed by atoms with Gasteiger partial charge in [0.05, 0.1) is 0 Å². The lowest BCUT2D eigenvalue weighted by Crippen LogP contribution is -2.52. The van der Waals surface area contributed by atoms with Crippen LogP contribution in [0.15, 0.2) is 30.3 Å². The lowest BCUT2D eigenvalue weighted by atomic mass is 9.78. The largest absolute Gasteiger partial charge is 0.358 e. The summed E-state index contributed by atoms with van der Waals surface area (Å²) >= 11 is 5.28. The number of rotatable bonds is 3. The van der Waals surface area contributed by atoms with Crippen LogP contribution in [0, 0.1) is 18.8 Å². The number of nitrogens with one attached hydrogen (secondary N) is 3. The lowest BCUT2D eigenvalue weighted by Gasteiger charge is -2.35. The first-order valence-electron chi connectivity index (χ1n) is 8.57. The van der Waals surface area contributed by atoms with Crippen molar-refractivity contribution in [3.05, 3.63) is 41.5 Å². The molecule has 1 aromatic rings. The Bertz CT molecular complexity index is 614. The van der Waals surface area contributed by atoms with Gasteiger partial charge in [-0.2, -0.15) is 0 Å². The van der Waals surface area contributed by atoms with Gasteiger partial charge >= 0.3 is 0 Å². The fourth-order valence-corrected chi connectivity index (χ4v) is 3.30. The highest BCUT2D eigenvalue weighted by atomic mass is 32.1. The first kappa shape index (κ1) is 18.5. The molecule has 0 aromatic heterocycles. The fourth-order valence-electron chi connectivity index (χ4n) is 3.10. The van der Waals surface area contributed by atoms with Crippen molar-refractivity contribution in [2.45, 2.75) is 46.1 Å². The van der Waals surface area contributed by atoms with Crippen LogP contribution in [-0.2, 0) is 4.79 Å². The lowest BCUT2D eigenvalue weighted by molar-refractivity contribution is -0.116. The molecule has 0 heterocycles. The molecule has 1 aliphatic carbocycles. The van der Waals surface area contributed by atoms with Crippen LogP contribution in [0.3, 0.4) is 0 Å². The summed E-state index contributed by atoms with van der Waals surface area (Å²) < 4.78 is 0. The molecule has 0 bridgehead atoms. The molecule has 0 spiro atoms. The highest BCUT2D eigenvalue weighted by Crippen LogP contribution is 2.29. The van der Waals surface area contributed by atoms with E-state index in [0.29, 0.717) is 23.0 Å². The molecule has 0 saturated heterocycles. The van der Waals surface area contributed by atoms with Gasteiger partial charge in [0, 0.05) is 12.1 Å². The number of aryl methyl sites for hydroxylation is 1. The Balaban J connectivity index is 1.76. The molecule has 4 nitrogen and oxygen atoms in total. The van der Waals surface area contributed by atoms with Gasteiger partial charge in [-0.15, -0.1) is 0 Å². The van der Waals surface area contributed by atoms with E-state index in [1.165, 1.54) is 18.9 Å². The number of carbonyl (C=O) groups excluding carboxylic acids is 1. The minimum atomic E-state index is -0.231. The summed E-state index contributed by atoms with van der Waals surface area (Å²) in [6.45, 7) is 6.57. The van der Waals surface area contributed by atoms with Gasteiger partial charge < -0.3 is 5.32 Å². The van der Waals surface area contributed by atoms with Crippen molar-refractivity contribution in [3.8, 4) is 0 Å². The van der Waals surface area contributed by atoms with Crippen LogP contribution in [-0.4, -0.2) is 17.1 Å². The van der Waals surface area contributed by atoms with Gasteiger partial charge in [0.25, 0.3) is 5.91 Å².